The van der Waals surface area contributed by atoms with Gasteiger partial charge >= 0.3 is 0 Å². The lowest BCUT2D eigenvalue weighted by Crippen LogP contribution is -2.22. The van der Waals surface area contributed by atoms with Crippen molar-refractivity contribution in [2.75, 3.05) is 5.43 Å². The Hall–Kier alpha value is -3.21. The number of nitriles is 1. The van der Waals surface area contributed by atoms with Crippen LogP contribution in [0.2, 0.25) is 0 Å². The Morgan fingerprint density at radius 2 is 2.33 bits per heavy atom. The van der Waals surface area contributed by atoms with Gasteiger partial charge in [0.25, 0.3) is 0 Å². The van der Waals surface area contributed by atoms with E-state index in [2.05, 4.69) is 15.6 Å². The minimum atomic E-state index is -0.474. The zero-order chi connectivity index (χ0) is 15.4. The summed E-state index contributed by atoms with van der Waals surface area (Å²) in [5.74, 6) is -0.945. The van der Waals surface area contributed by atoms with Crippen LogP contribution in [0.3, 0.4) is 0 Å². The van der Waals surface area contributed by atoms with Crippen LogP contribution in [0.5, 0.6) is 0 Å². The van der Waals surface area contributed by atoms with Gasteiger partial charge in [0.1, 0.15) is 11.9 Å². The van der Waals surface area contributed by atoms with Crippen LogP contribution in [-0.2, 0) is 0 Å². The van der Waals surface area contributed by atoms with Crippen LogP contribution < -0.4 is 11.2 Å². The highest BCUT2D eigenvalue weighted by atomic mass is 19.1. The summed E-state index contributed by atoms with van der Waals surface area (Å²) in [5.41, 5.74) is 9.23. The highest BCUT2D eigenvalue weighted by molar-refractivity contribution is 6.45. The van der Waals surface area contributed by atoms with Gasteiger partial charge in [-0.2, -0.15) is 15.5 Å². The number of aromatic nitrogens is 2. The number of anilines is 1. The quantitative estimate of drug-likeness (QED) is 0.449. The molecule has 0 amide bonds. The lowest BCUT2D eigenvalue weighted by atomic mass is 10.2. The maximum absolute atomic E-state index is 13.4. The molecule has 4 N–H and O–H groups in total. The molecule has 0 bridgehead atoms. The van der Waals surface area contributed by atoms with Crippen molar-refractivity contribution in [3.8, 4) is 11.8 Å². The Morgan fingerprint density at radius 1 is 1.57 bits per heavy atom. The third kappa shape index (κ3) is 3.22. The number of nitrogens with two attached hydrogens (primary N) is 1. The van der Waals surface area contributed by atoms with E-state index in [1.54, 1.807) is 23.1 Å². The number of hydrogen-bond donors (Lipinski definition) is 3. The minimum Gasteiger partial charge on any atom is -0.382 e. The van der Waals surface area contributed by atoms with Gasteiger partial charge in [0.2, 0.25) is 5.71 Å². The molecular weight excluding hydrogens is 273 g/mol. The second-order valence-electron chi connectivity index (χ2n) is 4.22. The fraction of sp³-hybridized carbons (Fsp3) is 0.0769. The van der Waals surface area contributed by atoms with Crippen LogP contribution in [-0.4, -0.2) is 21.3 Å². The van der Waals surface area contributed by atoms with Crippen molar-refractivity contribution in [2.45, 2.75) is 6.92 Å². The van der Waals surface area contributed by atoms with Crippen molar-refractivity contribution in [3.05, 3.63) is 42.0 Å². The fourth-order valence-electron chi connectivity index (χ4n) is 1.60. The Morgan fingerprint density at radius 3 is 2.90 bits per heavy atom. The third-order valence-electron chi connectivity index (χ3n) is 2.57. The number of aryl methyl sites for hydroxylation is 1. The van der Waals surface area contributed by atoms with Crippen molar-refractivity contribution in [1.29, 1.82) is 10.7 Å². The van der Waals surface area contributed by atoms with Crippen molar-refractivity contribution in [1.82, 2.24) is 9.78 Å². The molecule has 0 radical (unpaired) electrons. The molecule has 2 aromatic rings. The number of benzene rings is 1. The topological polar surface area (TPSA) is 116 Å². The average Bonchev–Trinajstić information content (AvgIpc) is 2.85. The molecule has 0 saturated carbocycles. The summed E-state index contributed by atoms with van der Waals surface area (Å²) in [7, 11) is 0. The second kappa shape index (κ2) is 5.83. The van der Waals surface area contributed by atoms with Gasteiger partial charge in [-0.05, 0) is 24.6 Å². The third-order valence-corrected chi connectivity index (χ3v) is 2.57. The molecule has 1 heterocycles. The predicted octanol–water partition coefficient (Wildman–Crippen LogP) is 1.55. The van der Waals surface area contributed by atoms with Crippen LogP contribution in [0.15, 0.2) is 35.7 Å². The van der Waals surface area contributed by atoms with Crippen molar-refractivity contribution >= 4 is 17.2 Å². The Labute approximate surface area is 120 Å². The van der Waals surface area contributed by atoms with Crippen LogP contribution >= 0.6 is 0 Å². The van der Waals surface area contributed by atoms with E-state index in [1.165, 1.54) is 18.2 Å². The summed E-state index contributed by atoms with van der Waals surface area (Å²) in [6.45, 7) is 1.88. The molecule has 0 aliphatic rings. The standard InChI is InChI=1S/C13H12FN7/c1-8-6-18-21(7-8)12-3-2-9(14)4-10(12)19-20-11(5-15)13(16)17/h2-4,6-7,19H,1H3,(H3,16,17)/b20-11+. The first-order valence-electron chi connectivity index (χ1n) is 5.90. The largest absolute Gasteiger partial charge is 0.382 e. The Kier molecular flexibility index (Phi) is 3.95. The van der Waals surface area contributed by atoms with Gasteiger partial charge in [-0.3, -0.25) is 10.8 Å². The minimum absolute atomic E-state index is 0.290. The highest BCUT2D eigenvalue weighted by Gasteiger charge is 2.08. The fourth-order valence-corrected chi connectivity index (χ4v) is 1.60. The molecule has 0 fully saturated rings. The van der Waals surface area contributed by atoms with Gasteiger partial charge in [-0.1, -0.05) is 0 Å². The maximum Gasteiger partial charge on any atom is 0.201 e. The van der Waals surface area contributed by atoms with Gasteiger partial charge < -0.3 is 5.73 Å². The first-order valence-corrected chi connectivity index (χ1v) is 5.90. The number of nitrogens with zero attached hydrogens (tertiary/aromatic N) is 4. The van der Waals surface area contributed by atoms with E-state index in [0.717, 1.165) is 5.56 Å². The maximum atomic E-state index is 13.4. The summed E-state index contributed by atoms with van der Waals surface area (Å²) in [5, 5.41) is 23.8. The summed E-state index contributed by atoms with van der Waals surface area (Å²) in [4.78, 5) is 0. The first-order chi connectivity index (χ1) is 10.0. The molecule has 0 aliphatic carbocycles. The van der Waals surface area contributed by atoms with E-state index in [4.69, 9.17) is 16.4 Å². The van der Waals surface area contributed by atoms with E-state index in [9.17, 15) is 4.39 Å². The number of nitrogens with one attached hydrogen (secondary N) is 2. The van der Waals surface area contributed by atoms with E-state index in [0.29, 0.717) is 11.4 Å². The van der Waals surface area contributed by atoms with Crippen molar-refractivity contribution in [2.24, 2.45) is 10.8 Å². The Bertz CT molecular complexity index is 754. The monoisotopic (exact) mass is 285 g/mol. The molecule has 1 aromatic heterocycles. The lowest BCUT2D eigenvalue weighted by Gasteiger charge is -2.09. The predicted molar refractivity (Wildman–Crippen MR) is 76.8 cm³/mol. The molecule has 1 aromatic carbocycles. The number of rotatable bonds is 4. The van der Waals surface area contributed by atoms with Gasteiger partial charge in [-0.25, -0.2) is 9.07 Å². The summed E-state index contributed by atoms with van der Waals surface area (Å²) < 4.78 is 14.9. The van der Waals surface area contributed by atoms with E-state index in [-0.39, 0.29) is 5.71 Å². The number of hydrazone groups is 1. The molecule has 0 saturated heterocycles. The van der Waals surface area contributed by atoms with Gasteiger partial charge in [-0.15, -0.1) is 0 Å². The van der Waals surface area contributed by atoms with Gasteiger partial charge in [0.15, 0.2) is 5.84 Å². The van der Waals surface area contributed by atoms with Crippen LogP contribution in [0, 0.1) is 29.5 Å². The highest BCUT2D eigenvalue weighted by Crippen LogP contribution is 2.21. The number of hydrogen-bond acceptors (Lipinski definition) is 5. The van der Waals surface area contributed by atoms with Crippen molar-refractivity contribution in [3.63, 3.8) is 0 Å². The smallest absolute Gasteiger partial charge is 0.201 e. The van der Waals surface area contributed by atoms with Crippen molar-refractivity contribution < 1.29 is 4.39 Å². The number of halogens is 1. The van der Waals surface area contributed by atoms with Gasteiger partial charge in [0, 0.05) is 12.3 Å². The molecule has 0 unspecified atom stereocenters. The first kappa shape index (κ1) is 14.2. The zero-order valence-corrected chi connectivity index (χ0v) is 11.1. The van der Waals surface area contributed by atoms with Crippen LogP contribution in [0.4, 0.5) is 10.1 Å². The molecule has 2 rings (SSSR count). The Balaban J connectivity index is 2.41. The van der Waals surface area contributed by atoms with Gasteiger partial charge in [0.05, 0.1) is 17.6 Å². The molecule has 0 aliphatic heterocycles. The second-order valence-corrected chi connectivity index (χ2v) is 4.22. The SMILES string of the molecule is Cc1cnn(-c2ccc(F)cc2N/N=C(\C#N)C(=N)N)c1. The molecular formula is C13H12FN7. The molecule has 0 atom stereocenters. The molecule has 21 heavy (non-hydrogen) atoms. The molecule has 7 nitrogen and oxygen atoms in total. The normalized spacial score (nSPS) is 11.0. The van der Waals surface area contributed by atoms with Crippen LogP contribution in [0.1, 0.15) is 5.56 Å². The average molecular weight is 285 g/mol. The van der Waals surface area contributed by atoms with Crippen LogP contribution in [0.25, 0.3) is 5.69 Å². The summed E-state index contributed by atoms with van der Waals surface area (Å²) >= 11 is 0. The number of amidine groups is 1. The summed E-state index contributed by atoms with van der Waals surface area (Å²) in [6, 6.07) is 5.70. The zero-order valence-electron chi connectivity index (χ0n) is 11.1. The van der Waals surface area contributed by atoms with E-state index >= 15 is 0 Å². The van der Waals surface area contributed by atoms with E-state index in [1.807, 2.05) is 6.92 Å². The lowest BCUT2D eigenvalue weighted by molar-refractivity contribution is 0.627. The molecule has 8 heteroatoms. The van der Waals surface area contributed by atoms with E-state index < -0.39 is 11.7 Å². The molecule has 0 spiro atoms. The summed E-state index contributed by atoms with van der Waals surface area (Å²) in [6.07, 6.45) is 3.42. The molecule has 106 valence electrons.